The van der Waals surface area contributed by atoms with Crippen molar-refractivity contribution in [3.63, 3.8) is 0 Å². The molecule has 0 aliphatic carbocycles. The third-order valence-corrected chi connectivity index (χ3v) is 2.59. The van der Waals surface area contributed by atoms with Crippen molar-refractivity contribution in [2.24, 2.45) is 0 Å². The van der Waals surface area contributed by atoms with Gasteiger partial charge in [-0.1, -0.05) is 29.8 Å². The van der Waals surface area contributed by atoms with E-state index in [0.717, 1.165) is 18.5 Å². The second kappa shape index (κ2) is 6.91. The first kappa shape index (κ1) is 14.4. The van der Waals surface area contributed by atoms with Crippen LogP contribution in [0.2, 0.25) is 0 Å². The van der Waals surface area contributed by atoms with Crippen LogP contribution in [0, 0.1) is 6.92 Å². The number of rotatable bonds is 6. The highest BCUT2D eigenvalue weighted by molar-refractivity contribution is 6.42. The normalized spacial score (nSPS) is 10.4. The largest absolute Gasteiger partial charge is 0.349 e. The summed E-state index contributed by atoms with van der Waals surface area (Å²) in [5.74, 6) is -1.00. The second-order valence-electron chi connectivity index (χ2n) is 4.61. The van der Waals surface area contributed by atoms with Gasteiger partial charge in [-0.3, -0.25) is 9.59 Å². The van der Waals surface area contributed by atoms with Crippen molar-refractivity contribution >= 4 is 11.7 Å². The fourth-order valence-corrected chi connectivity index (χ4v) is 1.51. The number of ketones is 1. The molecular weight excluding hydrogens is 228 g/mol. The maximum Gasteiger partial charge on any atom is 0.292 e. The van der Waals surface area contributed by atoms with Crippen LogP contribution in [0.5, 0.6) is 0 Å². The Balaban J connectivity index is 2.42. The van der Waals surface area contributed by atoms with Gasteiger partial charge in [-0.05, 0) is 34.0 Å². The minimum atomic E-state index is -0.530. The number of nitrogens with one attached hydrogen (secondary N) is 1. The van der Waals surface area contributed by atoms with E-state index in [-0.39, 0.29) is 0 Å². The summed E-state index contributed by atoms with van der Waals surface area (Å²) < 4.78 is 0. The van der Waals surface area contributed by atoms with E-state index >= 15 is 0 Å². The lowest BCUT2D eigenvalue weighted by molar-refractivity contribution is -0.117. The maximum absolute atomic E-state index is 11.8. The first-order valence-corrected chi connectivity index (χ1v) is 6.04. The summed E-state index contributed by atoms with van der Waals surface area (Å²) in [4.78, 5) is 25.4. The first-order valence-electron chi connectivity index (χ1n) is 6.04. The van der Waals surface area contributed by atoms with Gasteiger partial charge in [-0.2, -0.15) is 0 Å². The lowest BCUT2D eigenvalue weighted by Gasteiger charge is -2.09. The molecule has 0 radical (unpaired) electrons. The Morgan fingerprint density at radius 2 is 1.78 bits per heavy atom. The van der Waals surface area contributed by atoms with Gasteiger partial charge in [0.25, 0.3) is 5.91 Å². The van der Waals surface area contributed by atoms with E-state index in [1.54, 1.807) is 12.1 Å². The summed E-state index contributed by atoms with van der Waals surface area (Å²) in [6.45, 7) is 3.35. The van der Waals surface area contributed by atoms with Crippen molar-refractivity contribution < 1.29 is 9.59 Å². The predicted octanol–water partition coefficient (Wildman–Crippen LogP) is 1.25. The Bertz CT molecular complexity index is 410. The molecule has 0 aliphatic heterocycles. The number of nitrogens with zero attached hydrogens (tertiary/aromatic N) is 1. The molecule has 1 aromatic carbocycles. The van der Waals surface area contributed by atoms with Gasteiger partial charge in [0.2, 0.25) is 5.78 Å². The number of Topliss-reactive ketones (excluding diaryl/α,β-unsaturated/α-hetero) is 1. The zero-order valence-corrected chi connectivity index (χ0v) is 11.2. The third kappa shape index (κ3) is 4.67. The highest BCUT2D eigenvalue weighted by Crippen LogP contribution is 2.03. The highest BCUT2D eigenvalue weighted by atomic mass is 16.2. The Kier molecular flexibility index (Phi) is 5.52. The fraction of sp³-hybridized carbons (Fsp3) is 0.429. The predicted molar refractivity (Wildman–Crippen MR) is 71.7 cm³/mol. The number of carbonyl (C=O) groups excluding carboxylic acids is 2. The van der Waals surface area contributed by atoms with E-state index < -0.39 is 11.7 Å². The summed E-state index contributed by atoms with van der Waals surface area (Å²) in [6, 6.07) is 7.01. The fourth-order valence-electron chi connectivity index (χ4n) is 1.51. The van der Waals surface area contributed by atoms with E-state index in [9.17, 15) is 9.59 Å². The minimum absolute atomic E-state index is 0.436. The van der Waals surface area contributed by atoms with Crippen LogP contribution in [0.25, 0.3) is 0 Å². The minimum Gasteiger partial charge on any atom is -0.349 e. The lowest BCUT2D eigenvalue weighted by atomic mass is 10.1. The first-order chi connectivity index (χ1) is 8.50. The molecule has 0 saturated carbocycles. The van der Waals surface area contributed by atoms with Gasteiger partial charge in [0.05, 0.1) is 0 Å². The van der Waals surface area contributed by atoms with Crippen molar-refractivity contribution in [2.45, 2.75) is 13.3 Å². The molecule has 4 nitrogen and oxygen atoms in total. The summed E-state index contributed by atoms with van der Waals surface area (Å²) >= 11 is 0. The average Bonchev–Trinajstić information content (AvgIpc) is 2.34. The molecule has 1 aromatic rings. The molecule has 0 heterocycles. The third-order valence-electron chi connectivity index (χ3n) is 2.59. The van der Waals surface area contributed by atoms with Crippen LogP contribution in [0.15, 0.2) is 24.3 Å². The highest BCUT2D eigenvalue weighted by Gasteiger charge is 2.14. The molecular formula is C14H20N2O2. The summed E-state index contributed by atoms with van der Waals surface area (Å²) in [5, 5.41) is 2.64. The Morgan fingerprint density at radius 1 is 1.17 bits per heavy atom. The van der Waals surface area contributed by atoms with Gasteiger partial charge in [0, 0.05) is 12.1 Å². The number of aryl methyl sites for hydroxylation is 1. The molecule has 1 N–H and O–H groups in total. The summed E-state index contributed by atoms with van der Waals surface area (Å²) in [7, 11) is 3.94. The zero-order chi connectivity index (χ0) is 13.5. The van der Waals surface area contributed by atoms with Gasteiger partial charge < -0.3 is 10.2 Å². The number of amides is 1. The number of hydrogen-bond donors (Lipinski definition) is 1. The van der Waals surface area contributed by atoms with Gasteiger partial charge >= 0.3 is 0 Å². The van der Waals surface area contributed by atoms with E-state index in [1.807, 2.05) is 38.1 Å². The van der Waals surface area contributed by atoms with Crippen molar-refractivity contribution in [3.05, 3.63) is 35.4 Å². The van der Waals surface area contributed by atoms with Crippen molar-refractivity contribution in [3.8, 4) is 0 Å². The molecule has 18 heavy (non-hydrogen) atoms. The molecule has 0 unspecified atom stereocenters. The van der Waals surface area contributed by atoms with Crippen LogP contribution in [0.1, 0.15) is 22.3 Å². The lowest BCUT2D eigenvalue weighted by Crippen LogP contribution is -2.33. The molecule has 1 amide bonds. The van der Waals surface area contributed by atoms with Gasteiger partial charge in [-0.25, -0.2) is 0 Å². The molecule has 0 fully saturated rings. The SMILES string of the molecule is Cc1ccc(C(=O)C(=O)NCCCN(C)C)cc1. The number of benzene rings is 1. The van der Waals surface area contributed by atoms with Gasteiger partial charge in [0.1, 0.15) is 0 Å². The van der Waals surface area contributed by atoms with Gasteiger partial charge in [-0.15, -0.1) is 0 Å². The summed E-state index contributed by atoms with van der Waals surface area (Å²) in [6.07, 6.45) is 0.833. The Morgan fingerprint density at radius 3 is 2.33 bits per heavy atom. The molecule has 4 heteroatoms. The van der Waals surface area contributed by atoms with Gasteiger partial charge in [0.15, 0.2) is 0 Å². The van der Waals surface area contributed by atoms with Crippen LogP contribution in [0.3, 0.4) is 0 Å². The maximum atomic E-state index is 11.8. The van der Waals surface area contributed by atoms with E-state index in [2.05, 4.69) is 5.32 Å². The molecule has 0 aromatic heterocycles. The Hall–Kier alpha value is -1.68. The topological polar surface area (TPSA) is 49.4 Å². The van der Waals surface area contributed by atoms with Crippen molar-refractivity contribution in [1.29, 1.82) is 0 Å². The number of carbonyl (C=O) groups is 2. The standard InChI is InChI=1S/C14H20N2O2/c1-11-5-7-12(8-6-11)13(17)14(18)15-9-4-10-16(2)3/h5-8H,4,9-10H2,1-3H3,(H,15,18). The zero-order valence-electron chi connectivity index (χ0n) is 11.2. The smallest absolute Gasteiger partial charge is 0.292 e. The molecule has 1 rings (SSSR count). The average molecular weight is 248 g/mol. The Labute approximate surface area is 108 Å². The van der Waals surface area contributed by atoms with Crippen LogP contribution in [-0.2, 0) is 4.79 Å². The molecule has 98 valence electrons. The molecule has 0 spiro atoms. The van der Waals surface area contributed by atoms with E-state index in [1.165, 1.54) is 0 Å². The van der Waals surface area contributed by atoms with Crippen molar-refractivity contribution in [2.75, 3.05) is 27.2 Å². The van der Waals surface area contributed by atoms with Crippen LogP contribution in [0.4, 0.5) is 0 Å². The molecule has 0 bridgehead atoms. The van der Waals surface area contributed by atoms with Crippen LogP contribution in [-0.4, -0.2) is 43.8 Å². The number of hydrogen-bond acceptors (Lipinski definition) is 3. The van der Waals surface area contributed by atoms with E-state index in [0.29, 0.717) is 12.1 Å². The van der Waals surface area contributed by atoms with Crippen molar-refractivity contribution in [1.82, 2.24) is 10.2 Å². The monoisotopic (exact) mass is 248 g/mol. The van der Waals surface area contributed by atoms with Crippen LogP contribution < -0.4 is 5.32 Å². The molecule has 0 atom stereocenters. The quantitative estimate of drug-likeness (QED) is 0.468. The second-order valence-corrected chi connectivity index (χ2v) is 4.61. The van der Waals surface area contributed by atoms with E-state index in [4.69, 9.17) is 0 Å². The summed E-state index contributed by atoms with van der Waals surface area (Å²) in [5.41, 5.74) is 1.50. The molecule has 0 aliphatic rings. The van der Waals surface area contributed by atoms with Crippen LogP contribution >= 0.6 is 0 Å². The molecule has 0 saturated heterocycles.